The molecule has 4 nitrogen and oxygen atoms in total. The summed E-state index contributed by atoms with van der Waals surface area (Å²) in [6, 6.07) is 8.71. The van der Waals surface area contributed by atoms with Crippen molar-refractivity contribution >= 4 is 27.9 Å². The number of aromatic carboxylic acids is 2. The minimum atomic E-state index is -0.881. The first-order valence-corrected chi connectivity index (χ1v) is 7.74. The van der Waals surface area contributed by atoms with Crippen molar-refractivity contribution in [3.05, 3.63) is 68.2 Å². The molecule has 122 valence electrons. The minimum absolute atomic E-state index is 0.354. The zero-order chi connectivity index (χ0) is 17.7. The van der Waals surface area contributed by atoms with Crippen LogP contribution in [-0.4, -0.2) is 22.2 Å². The molecule has 0 saturated carbocycles. The van der Waals surface area contributed by atoms with E-state index in [0.29, 0.717) is 11.1 Å². The number of hydrogen-bond acceptors (Lipinski definition) is 2. The lowest BCUT2D eigenvalue weighted by Crippen LogP contribution is -2.00. The summed E-state index contributed by atoms with van der Waals surface area (Å²) < 4.78 is 0.877. The van der Waals surface area contributed by atoms with Crippen molar-refractivity contribution in [2.45, 2.75) is 27.7 Å². The Morgan fingerprint density at radius 3 is 1.83 bits per heavy atom. The minimum Gasteiger partial charge on any atom is -0.478 e. The van der Waals surface area contributed by atoms with Crippen LogP contribution in [-0.2, 0) is 0 Å². The summed E-state index contributed by atoms with van der Waals surface area (Å²) in [6.07, 6.45) is 0. The van der Waals surface area contributed by atoms with Gasteiger partial charge in [-0.25, -0.2) is 9.59 Å². The number of benzene rings is 2. The van der Waals surface area contributed by atoms with E-state index in [1.54, 1.807) is 38.1 Å². The summed E-state index contributed by atoms with van der Waals surface area (Å²) in [7, 11) is 0. The van der Waals surface area contributed by atoms with Gasteiger partial charge in [-0.2, -0.15) is 0 Å². The summed E-state index contributed by atoms with van der Waals surface area (Å²) in [5.41, 5.74) is 4.48. The maximum atomic E-state index is 10.7. The van der Waals surface area contributed by atoms with E-state index < -0.39 is 11.9 Å². The van der Waals surface area contributed by atoms with Crippen LogP contribution in [0.2, 0.25) is 0 Å². The predicted molar refractivity (Wildman–Crippen MR) is 93.5 cm³/mol. The summed E-state index contributed by atoms with van der Waals surface area (Å²) in [4.78, 5) is 21.2. The highest BCUT2D eigenvalue weighted by Crippen LogP contribution is 2.23. The quantitative estimate of drug-likeness (QED) is 0.789. The van der Waals surface area contributed by atoms with E-state index in [-0.39, 0.29) is 0 Å². The van der Waals surface area contributed by atoms with E-state index in [9.17, 15) is 9.59 Å². The zero-order valence-electron chi connectivity index (χ0n) is 13.5. The fraction of sp³-hybridized carbons (Fsp3) is 0.222. The van der Waals surface area contributed by atoms with Gasteiger partial charge in [-0.05, 0) is 56.5 Å². The lowest BCUT2D eigenvalue weighted by molar-refractivity contribution is 0.0685. The Morgan fingerprint density at radius 2 is 1.35 bits per heavy atom. The molecule has 2 aromatic rings. The lowest BCUT2D eigenvalue weighted by atomic mass is 10.1. The van der Waals surface area contributed by atoms with Crippen LogP contribution in [0, 0.1) is 27.7 Å². The summed E-state index contributed by atoms with van der Waals surface area (Å²) in [5, 5.41) is 17.4. The molecule has 0 atom stereocenters. The first-order valence-electron chi connectivity index (χ1n) is 6.94. The number of hydrogen-bond donors (Lipinski definition) is 2. The van der Waals surface area contributed by atoms with Gasteiger partial charge in [0.15, 0.2) is 0 Å². The fourth-order valence-electron chi connectivity index (χ4n) is 2.11. The molecular formula is C18H19BrO4. The molecule has 0 heterocycles. The fourth-order valence-corrected chi connectivity index (χ4v) is 2.45. The van der Waals surface area contributed by atoms with Gasteiger partial charge in [0.05, 0.1) is 11.1 Å². The first-order chi connectivity index (χ1) is 10.6. The van der Waals surface area contributed by atoms with Crippen molar-refractivity contribution in [1.82, 2.24) is 0 Å². The summed E-state index contributed by atoms with van der Waals surface area (Å²) in [5.74, 6) is -1.74. The van der Waals surface area contributed by atoms with Crippen molar-refractivity contribution < 1.29 is 19.8 Å². The van der Waals surface area contributed by atoms with Gasteiger partial charge in [-0.3, -0.25) is 0 Å². The highest BCUT2D eigenvalue weighted by Gasteiger charge is 2.10. The van der Waals surface area contributed by atoms with Gasteiger partial charge in [-0.15, -0.1) is 0 Å². The van der Waals surface area contributed by atoms with Crippen LogP contribution in [0.3, 0.4) is 0 Å². The molecule has 23 heavy (non-hydrogen) atoms. The van der Waals surface area contributed by atoms with Gasteiger partial charge >= 0.3 is 11.9 Å². The highest BCUT2D eigenvalue weighted by molar-refractivity contribution is 9.10. The largest absolute Gasteiger partial charge is 0.478 e. The van der Waals surface area contributed by atoms with Crippen LogP contribution in [0.15, 0.2) is 34.8 Å². The average Bonchev–Trinajstić information content (AvgIpc) is 2.44. The summed E-state index contributed by atoms with van der Waals surface area (Å²) in [6.45, 7) is 7.47. The van der Waals surface area contributed by atoms with Gasteiger partial charge in [0.1, 0.15) is 0 Å². The molecule has 0 radical (unpaired) electrons. The maximum absolute atomic E-state index is 10.7. The van der Waals surface area contributed by atoms with Crippen molar-refractivity contribution in [2.75, 3.05) is 0 Å². The zero-order valence-corrected chi connectivity index (χ0v) is 15.1. The van der Waals surface area contributed by atoms with Gasteiger partial charge in [-0.1, -0.05) is 39.7 Å². The lowest BCUT2D eigenvalue weighted by Gasteiger charge is -2.05. The van der Waals surface area contributed by atoms with Crippen molar-refractivity contribution in [1.29, 1.82) is 0 Å². The topological polar surface area (TPSA) is 74.6 Å². The van der Waals surface area contributed by atoms with Crippen molar-refractivity contribution in [3.8, 4) is 0 Å². The van der Waals surface area contributed by atoms with Crippen LogP contribution in [0.25, 0.3) is 0 Å². The molecule has 0 fully saturated rings. The number of carbonyl (C=O) groups is 2. The second-order valence-electron chi connectivity index (χ2n) is 5.30. The third-order valence-electron chi connectivity index (χ3n) is 3.42. The van der Waals surface area contributed by atoms with Crippen LogP contribution >= 0.6 is 15.9 Å². The molecule has 2 N–H and O–H groups in total. The Kier molecular flexibility index (Phi) is 6.51. The summed E-state index contributed by atoms with van der Waals surface area (Å²) >= 11 is 3.33. The normalized spacial score (nSPS) is 9.78. The third-order valence-corrected chi connectivity index (χ3v) is 4.64. The van der Waals surface area contributed by atoms with Gasteiger partial charge in [0.2, 0.25) is 0 Å². The van der Waals surface area contributed by atoms with E-state index in [0.717, 1.165) is 26.7 Å². The SMILES string of the molecule is Cc1ccc(C(=O)O)c(C)c1.Cc1ccc(C(=O)O)c(C)c1Br. The molecule has 0 aliphatic heterocycles. The molecule has 0 aliphatic carbocycles. The standard InChI is InChI=1S/C9H9BrO2.C9H10O2/c1-5-3-4-7(9(11)12)6(2)8(5)10;1-6-3-4-8(9(10)11)7(2)5-6/h3-4H,1-2H3,(H,11,12);3-5H,1-2H3,(H,10,11). The third kappa shape index (κ3) is 4.93. The Morgan fingerprint density at radius 1 is 0.826 bits per heavy atom. The second kappa shape index (κ2) is 7.92. The molecule has 5 heteroatoms. The van der Waals surface area contributed by atoms with E-state index in [4.69, 9.17) is 10.2 Å². The van der Waals surface area contributed by atoms with Crippen LogP contribution in [0.5, 0.6) is 0 Å². The molecule has 2 aromatic carbocycles. The van der Waals surface area contributed by atoms with Gasteiger partial charge < -0.3 is 10.2 Å². The monoisotopic (exact) mass is 378 g/mol. The maximum Gasteiger partial charge on any atom is 0.335 e. The van der Waals surface area contributed by atoms with Crippen molar-refractivity contribution in [3.63, 3.8) is 0 Å². The molecule has 2 rings (SSSR count). The number of halogens is 1. The molecule has 0 bridgehead atoms. The molecule has 0 aliphatic rings. The van der Waals surface area contributed by atoms with Crippen LogP contribution < -0.4 is 0 Å². The number of carboxylic acid groups (broad SMARTS) is 2. The molecule has 0 unspecified atom stereocenters. The van der Waals surface area contributed by atoms with Crippen LogP contribution in [0.1, 0.15) is 43.0 Å². The highest BCUT2D eigenvalue weighted by atomic mass is 79.9. The Labute approximate surface area is 143 Å². The average molecular weight is 379 g/mol. The number of carboxylic acids is 2. The van der Waals surface area contributed by atoms with E-state index >= 15 is 0 Å². The van der Waals surface area contributed by atoms with E-state index in [2.05, 4.69) is 15.9 Å². The van der Waals surface area contributed by atoms with Crippen molar-refractivity contribution in [2.24, 2.45) is 0 Å². The van der Waals surface area contributed by atoms with Gasteiger partial charge in [0.25, 0.3) is 0 Å². The second-order valence-corrected chi connectivity index (χ2v) is 6.09. The number of rotatable bonds is 2. The molecular weight excluding hydrogens is 360 g/mol. The Bertz CT molecular complexity index is 751. The molecule has 0 aromatic heterocycles. The molecule has 0 spiro atoms. The van der Waals surface area contributed by atoms with Gasteiger partial charge in [0, 0.05) is 4.47 Å². The predicted octanol–water partition coefficient (Wildman–Crippen LogP) is 4.77. The Balaban J connectivity index is 0.000000231. The van der Waals surface area contributed by atoms with E-state index in [1.165, 1.54) is 0 Å². The number of aryl methyl sites for hydroxylation is 3. The Hall–Kier alpha value is -2.14. The van der Waals surface area contributed by atoms with E-state index in [1.807, 2.05) is 19.9 Å². The molecule has 0 amide bonds. The smallest absolute Gasteiger partial charge is 0.335 e. The van der Waals surface area contributed by atoms with Crippen LogP contribution in [0.4, 0.5) is 0 Å². The first kappa shape index (κ1) is 18.9. The molecule has 0 saturated heterocycles.